The van der Waals surface area contributed by atoms with Gasteiger partial charge in [-0.15, -0.1) is 0 Å². The number of unbranched alkanes of at least 4 members (excludes halogenated alkanes) is 1. The zero-order chi connectivity index (χ0) is 15.0. The van der Waals surface area contributed by atoms with Crippen molar-refractivity contribution >= 4 is 5.91 Å². The van der Waals surface area contributed by atoms with E-state index in [2.05, 4.69) is 31.0 Å². The molecular formula is C17H30N2O2. The van der Waals surface area contributed by atoms with Gasteiger partial charge in [0, 0.05) is 6.61 Å². The van der Waals surface area contributed by atoms with Crippen molar-refractivity contribution in [2.45, 2.75) is 83.6 Å². The summed E-state index contributed by atoms with van der Waals surface area (Å²) in [4.78, 5) is 15.1. The number of rotatable bonds is 6. The SMILES string of the molecule is CCCCC1NC(C(C)C)N(C2CCOC2C2CC2)C1=O. The summed E-state index contributed by atoms with van der Waals surface area (Å²) in [6.45, 7) is 7.43. The third kappa shape index (κ3) is 2.98. The van der Waals surface area contributed by atoms with E-state index >= 15 is 0 Å². The molecule has 0 radical (unpaired) electrons. The summed E-state index contributed by atoms with van der Waals surface area (Å²) < 4.78 is 5.97. The summed E-state index contributed by atoms with van der Waals surface area (Å²) in [6.07, 6.45) is 7.29. The molecule has 4 atom stereocenters. The highest BCUT2D eigenvalue weighted by molar-refractivity contribution is 5.84. The molecule has 0 aromatic heterocycles. The Balaban J connectivity index is 1.75. The molecule has 3 aliphatic rings. The monoisotopic (exact) mass is 294 g/mol. The van der Waals surface area contributed by atoms with Gasteiger partial charge in [0.1, 0.15) is 0 Å². The minimum Gasteiger partial charge on any atom is -0.376 e. The number of nitrogens with one attached hydrogen (secondary N) is 1. The predicted molar refractivity (Wildman–Crippen MR) is 82.8 cm³/mol. The summed E-state index contributed by atoms with van der Waals surface area (Å²) in [7, 11) is 0. The van der Waals surface area contributed by atoms with Crippen LogP contribution in [0, 0.1) is 11.8 Å². The third-order valence-corrected chi connectivity index (χ3v) is 5.25. The molecule has 3 rings (SSSR count). The lowest BCUT2D eigenvalue weighted by Crippen LogP contribution is -2.50. The van der Waals surface area contributed by atoms with Crippen LogP contribution < -0.4 is 5.32 Å². The van der Waals surface area contributed by atoms with Gasteiger partial charge >= 0.3 is 0 Å². The van der Waals surface area contributed by atoms with Crippen molar-refractivity contribution in [2.24, 2.45) is 11.8 Å². The van der Waals surface area contributed by atoms with E-state index in [1.807, 2.05) is 0 Å². The molecule has 1 saturated carbocycles. The van der Waals surface area contributed by atoms with Gasteiger partial charge in [-0.25, -0.2) is 0 Å². The van der Waals surface area contributed by atoms with Gasteiger partial charge in [0.25, 0.3) is 0 Å². The molecule has 21 heavy (non-hydrogen) atoms. The van der Waals surface area contributed by atoms with E-state index in [1.54, 1.807) is 0 Å². The fourth-order valence-corrected chi connectivity index (χ4v) is 3.95. The van der Waals surface area contributed by atoms with Gasteiger partial charge in [-0.05, 0) is 37.5 Å². The van der Waals surface area contributed by atoms with E-state index in [4.69, 9.17) is 4.74 Å². The number of ether oxygens (including phenoxy) is 1. The highest BCUT2D eigenvalue weighted by atomic mass is 16.5. The van der Waals surface area contributed by atoms with Gasteiger partial charge in [-0.1, -0.05) is 33.6 Å². The maximum atomic E-state index is 12.9. The second-order valence-electron chi connectivity index (χ2n) is 7.32. The molecule has 1 aliphatic carbocycles. The number of hydrogen-bond donors (Lipinski definition) is 1. The fourth-order valence-electron chi connectivity index (χ4n) is 3.95. The van der Waals surface area contributed by atoms with E-state index in [0.717, 1.165) is 32.3 Å². The minimum absolute atomic E-state index is 0.0257. The Kier molecular flexibility index (Phi) is 4.55. The van der Waals surface area contributed by atoms with Gasteiger partial charge in [0.2, 0.25) is 5.91 Å². The lowest BCUT2D eigenvalue weighted by molar-refractivity contribution is -0.134. The van der Waals surface area contributed by atoms with Crippen molar-refractivity contribution in [2.75, 3.05) is 6.61 Å². The third-order valence-electron chi connectivity index (χ3n) is 5.25. The summed E-state index contributed by atoms with van der Waals surface area (Å²) in [5.41, 5.74) is 0. The standard InChI is InChI=1S/C17H30N2O2/c1-4-5-6-13-17(20)19(16(18-13)11(2)3)14-9-10-21-15(14)12-7-8-12/h11-16,18H,4-10H2,1-3H3. The number of carbonyl (C=O) groups excluding carboxylic acids is 1. The Hall–Kier alpha value is -0.610. The molecule has 1 amide bonds. The van der Waals surface area contributed by atoms with Gasteiger partial charge in [0.05, 0.1) is 24.4 Å². The molecule has 120 valence electrons. The summed E-state index contributed by atoms with van der Waals surface area (Å²) in [6, 6.07) is 0.328. The van der Waals surface area contributed by atoms with Crippen LogP contribution in [-0.4, -0.2) is 41.8 Å². The molecule has 0 aromatic carbocycles. The number of nitrogens with zero attached hydrogens (tertiary/aromatic N) is 1. The molecule has 4 unspecified atom stereocenters. The molecular weight excluding hydrogens is 264 g/mol. The lowest BCUT2D eigenvalue weighted by atomic mass is 10.0. The highest BCUT2D eigenvalue weighted by Crippen LogP contribution is 2.42. The van der Waals surface area contributed by atoms with E-state index in [9.17, 15) is 4.79 Å². The molecule has 0 aromatic rings. The van der Waals surface area contributed by atoms with E-state index < -0.39 is 0 Å². The van der Waals surface area contributed by atoms with Crippen LogP contribution in [0.4, 0.5) is 0 Å². The molecule has 2 saturated heterocycles. The molecule has 1 N–H and O–H groups in total. The number of hydrogen-bond acceptors (Lipinski definition) is 3. The maximum Gasteiger partial charge on any atom is 0.241 e. The smallest absolute Gasteiger partial charge is 0.241 e. The Labute approximate surface area is 128 Å². The van der Waals surface area contributed by atoms with Crippen molar-refractivity contribution in [3.8, 4) is 0 Å². The molecule has 4 heteroatoms. The lowest BCUT2D eigenvalue weighted by Gasteiger charge is -2.35. The Morgan fingerprint density at radius 3 is 2.71 bits per heavy atom. The Morgan fingerprint density at radius 2 is 2.10 bits per heavy atom. The first kappa shape index (κ1) is 15.3. The van der Waals surface area contributed by atoms with E-state index in [-0.39, 0.29) is 12.2 Å². The van der Waals surface area contributed by atoms with Gasteiger partial charge in [-0.3, -0.25) is 10.1 Å². The number of carbonyl (C=O) groups is 1. The molecule has 3 fully saturated rings. The molecule has 4 nitrogen and oxygen atoms in total. The summed E-state index contributed by atoms with van der Waals surface area (Å²) >= 11 is 0. The van der Waals surface area contributed by atoms with Crippen molar-refractivity contribution in [3.05, 3.63) is 0 Å². The van der Waals surface area contributed by atoms with Gasteiger partial charge in [-0.2, -0.15) is 0 Å². The van der Waals surface area contributed by atoms with Crippen molar-refractivity contribution in [3.63, 3.8) is 0 Å². The van der Waals surface area contributed by atoms with Crippen molar-refractivity contribution in [1.29, 1.82) is 0 Å². The van der Waals surface area contributed by atoms with Crippen LogP contribution >= 0.6 is 0 Å². The van der Waals surface area contributed by atoms with Crippen LogP contribution in [-0.2, 0) is 9.53 Å². The first-order chi connectivity index (χ1) is 10.1. The first-order valence-electron chi connectivity index (χ1n) is 8.83. The first-order valence-corrected chi connectivity index (χ1v) is 8.83. The van der Waals surface area contributed by atoms with Crippen molar-refractivity contribution < 1.29 is 9.53 Å². The second kappa shape index (κ2) is 6.25. The summed E-state index contributed by atoms with van der Waals surface area (Å²) in [5.74, 6) is 1.47. The van der Waals surface area contributed by atoms with Crippen LogP contribution in [0.25, 0.3) is 0 Å². The molecule has 2 aliphatic heterocycles. The normalized spacial score (nSPS) is 37.0. The highest BCUT2D eigenvalue weighted by Gasteiger charge is 2.50. The number of amides is 1. The fraction of sp³-hybridized carbons (Fsp3) is 0.941. The van der Waals surface area contributed by atoms with Crippen LogP contribution in [0.15, 0.2) is 0 Å². The van der Waals surface area contributed by atoms with Crippen LogP contribution in [0.2, 0.25) is 0 Å². The van der Waals surface area contributed by atoms with Crippen molar-refractivity contribution in [1.82, 2.24) is 10.2 Å². The summed E-state index contributed by atoms with van der Waals surface area (Å²) in [5, 5.41) is 3.60. The van der Waals surface area contributed by atoms with Crippen LogP contribution in [0.1, 0.15) is 59.3 Å². The maximum absolute atomic E-state index is 12.9. The Bertz CT molecular complexity index is 381. The van der Waals surface area contributed by atoms with Crippen LogP contribution in [0.3, 0.4) is 0 Å². The average molecular weight is 294 g/mol. The molecule has 0 spiro atoms. The van der Waals surface area contributed by atoms with Crippen LogP contribution in [0.5, 0.6) is 0 Å². The quantitative estimate of drug-likeness (QED) is 0.818. The topological polar surface area (TPSA) is 41.6 Å². The van der Waals surface area contributed by atoms with Gasteiger partial charge in [0.15, 0.2) is 0 Å². The second-order valence-corrected chi connectivity index (χ2v) is 7.32. The van der Waals surface area contributed by atoms with E-state index in [1.165, 1.54) is 12.8 Å². The zero-order valence-electron chi connectivity index (χ0n) is 13.7. The molecule has 0 bridgehead atoms. The minimum atomic E-state index is 0.0257. The largest absolute Gasteiger partial charge is 0.376 e. The predicted octanol–water partition coefficient (Wildman–Crippen LogP) is 2.53. The molecule has 2 heterocycles. The zero-order valence-corrected chi connectivity index (χ0v) is 13.7. The van der Waals surface area contributed by atoms with E-state index in [0.29, 0.717) is 29.9 Å². The van der Waals surface area contributed by atoms with Gasteiger partial charge < -0.3 is 9.64 Å². The Morgan fingerprint density at radius 1 is 1.33 bits per heavy atom. The average Bonchev–Trinajstić information content (AvgIpc) is 3.10.